The summed E-state index contributed by atoms with van der Waals surface area (Å²) >= 11 is 11.4. The Kier molecular flexibility index (Phi) is 2.73. The maximum Gasteiger partial charge on any atom is 0.271 e. The van der Waals surface area contributed by atoms with Gasteiger partial charge in [-0.25, -0.2) is 0 Å². The van der Waals surface area contributed by atoms with Crippen LogP contribution in [0.15, 0.2) is 36.4 Å². The van der Waals surface area contributed by atoms with Crippen molar-refractivity contribution in [3.8, 4) is 0 Å². The average Bonchev–Trinajstić information content (AvgIpc) is 2.39. The van der Waals surface area contributed by atoms with Crippen molar-refractivity contribution < 1.29 is 4.92 Å². The number of aromatic nitrogens is 1. The summed E-state index contributed by atoms with van der Waals surface area (Å²) in [5, 5.41) is 13.0. The summed E-state index contributed by atoms with van der Waals surface area (Å²) in [6.45, 7) is 0. The van der Waals surface area contributed by atoms with Gasteiger partial charge in [-0.3, -0.25) is 10.1 Å². The molecule has 0 amide bonds. The summed E-state index contributed by atoms with van der Waals surface area (Å²) < 4.78 is 0.640. The van der Waals surface area contributed by atoms with E-state index in [1.807, 2.05) is 6.07 Å². The predicted octanol–water partition coefficient (Wildman–Crippen LogP) is 4.61. The molecule has 3 aromatic rings. The van der Waals surface area contributed by atoms with E-state index < -0.39 is 4.92 Å². The van der Waals surface area contributed by atoms with Crippen molar-refractivity contribution in [3.63, 3.8) is 0 Å². The van der Waals surface area contributed by atoms with Crippen LogP contribution < -0.4 is 0 Å². The lowest BCUT2D eigenvalue weighted by atomic mass is 10.1. The number of nitrogens with one attached hydrogen (secondary N) is 1. The van der Waals surface area contributed by atoms with E-state index in [-0.39, 0.29) is 5.69 Å². The van der Waals surface area contributed by atoms with Gasteiger partial charge in [-0.05, 0) is 24.3 Å². The van der Waals surface area contributed by atoms with E-state index in [0.717, 1.165) is 16.3 Å². The molecule has 0 fully saturated rings. The normalized spacial score (nSPS) is 11.0. The molecule has 4 nitrogen and oxygen atoms in total. The third kappa shape index (κ3) is 1.97. The average molecular weight is 291 g/mol. The number of pyridine rings is 1. The topological polar surface area (TPSA) is 58.9 Å². The number of benzene rings is 2. The first kappa shape index (κ1) is 12.1. The first-order chi connectivity index (χ1) is 9.06. The SMILES string of the molecule is O=[N+]([O-])c1ccc2c(=S)c3cc(Cl)ccc3[nH]c2c1. The van der Waals surface area contributed by atoms with Crippen molar-refractivity contribution in [3.05, 3.63) is 56.0 Å². The van der Waals surface area contributed by atoms with Crippen LogP contribution in [0.1, 0.15) is 0 Å². The Labute approximate surface area is 117 Å². The largest absolute Gasteiger partial charge is 0.354 e. The molecule has 0 saturated heterocycles. The van der Waals surface area contributed by atoms with Crippen LogP contribution in [0.2, 0.25) is 5.02 Å². The summed E-state index contributed by atoms with van der Waals surface area (Å²) in [6.07, 6.45) is 0. The summed E-state index contributed by atoms with van der Waals surface area (Å²) in [4.78, 5) is 13.5. The highest BCUT2D eigenvalue weighted by molar-refractivity contribution is 7.72. The number of nitro benzene ring substituents is 1. The number of halogens is 1. The fraction of sp³-hybridized carbons (Fsp3) is 0. The number of hydrogen-bond acceptors (Lipinski definition) is 3. The second-order valence-corrected chi connectivity index (χ2v) is 4.98. The number of fused-ring (bicyclic) bond motifs is 2. The number of nitrogens with zero attached hydrogens (tertiary/aromatic N) is 1. The zero-order valence-electron chi connectivity index (χ0n) is 9.51. The van der Waals surface area contributed by atoms with Crippen molar-refractivity contribution in [1.82, 2.24) is 4.98 Å². The van der Waals surface area contributed by atoms with Gasteiger partial charge in [-0.15, -0.1) is 0 Å². The molecule has 0 aliphatic rings. The van der Waals surface area contributed by atoms with Gasteiger partial charge in [0.1, 0.15) is 0 Å². The van der Waals surface area contributed by atoms with Gasteiger partial charge >= 0.3 is 0 Å². The third-order valence-corrected chi connectivity index (χ3v) is 3.63. The molecule has 1 heterocycles. The zero-order chi connectivity index (χ0) is 13.6. The predicted molar refractivity (Wildman–Crippen MR) is 78.3 cm³/mol. The number of hydrogen-bond donors (Lipinski definition) is 1. The number of aromatic amines is 1. The molecule has 0 bridgehead atoms. The summed E-state index contributed by atoms with van der Waals surface area (Å²) in [5.41, 5.74) is 1.49. The van der Waals surface area contributed by atoms with E-state index in [4.69, 9.17) is 23.8 Å². The molecule has 19 heavy (non-hydrogen) atoms. The van der Waals surface area contributed by atoms with Crippen LogP contribution in [0.3, 0.4) is 0 Å². The first-order valence-corrected chi connectivity index (χ1v) is 6.24. The van der Waals surface area contributed by atoms with Gasteiger partial charge in [-0.2, -0.15) is 0 Å². The van der Waals surface area contributed by atoms with Gasteiger partial charge < -0.3 is 4.98 Å². The molecule has 0 radical (unpaired) electrons. The van der Waals surface area contributed by atoms with E-state index in [1.54, 1.807) is 18.2 Å². The number of rotatable bonds is 1. The van der Waals surface area contributed by atoms with E-state index >= 15 is 0 Å². The molecule has 6 heteroatoms. The van der Waals surface area contributed by atoms with E-state index in [9.17, 15) is 10.1 Å². The number of H-pyrrole nitrogens is 1. The first-order valence-electron chi connectivity index (χ1n) is 5.46. The van der Waals surface area contributed by atoms with Crippen molar-refractivity contribution in [2.45, 2.75) is 0 Å². The fourth-order valence-electron chi connectivity index (χ4n) is 2.05. The monoisotopic (exact) mass is 290 g/mol. The number of non-ortho nitro benzene ring substituents is 1. The third-order valence-electron chi connectivity index (χ3n) is 2.95. The van der Waals surface area contributed by atoms with Crippen LogP contribution in [0, 0.1) is 14.6 Å². The highest BCUT2D eigenvalue weighted by Crippen LogP contribution is 2.27. The molecule has 94 valence electrons. The Bertz CT molecular complexity index is 889. The quantitative estimate of drug-likeness (QED) is 0.308. The van der Waals surface area contributed by atoms with Crippen LogP contribution in [0.4, 0.5) is 5.69 Å². The van der Waals surface area contributed by atoms with Gasteiger partial charge in [0.05, 0.1) is 15.0 Å². The standard InChI is InChI=1S/C13H7ClN2O2S/c14-7-1-4-11-10(5-7)13(19)9-3-2-8(16(17)18)6-12(9)15-11/h1-6H,(H,15,19). The molecule has 0 unspecified atom stereocenters. The fourth-order valence-corrected chi connectivity index (χ4v) is 2.57. The Balaban J connectivity index is 2.46. The number of nitro groups is 1. The summed E-state index contributed by atoms with van der Waals surface area (Å²) in [6, 6.07) is 9.94. The van der Waals surface area contributed by atoms with E-state index in [0.29, 0.717) is 15.0 Å². The molecule has 1 N–H and O–H groups in total. The second kappa shape index (κ2) is 4.29. The lowest BCUT2D eigenvalue weighted by Gasteiger charge is -2.04. The molecule has 0 atom stereocenters. The molecule has 3 rings (SSSR count). The molecule has 2 aromatic carbocycles. The van der Waals surface area contributed by atoms with Crippen LogP contribution in [0.25, 0.3) is 21.8 Å². The van der Waals surface area contributed by atoms with E-state index in [1.165, 1.54) is 12.1 Å². The van der Waals surface area contributed by atoms with Gasteiger partial charge in [0.25, 0.3) is 5.69 Å². The molecular formula is C13H7ClN2O2S. The van der Waals surface area contributed by atoms with Crippen LogP contribution >= 0.6 is 23.8 Å². The van der Waals surface area contributed by atoms with Gasteiger partial charge in [0.15, 0.2) is 0 Å². The summed E-state index contributed by atoms with van der Waals surface area (Å²) in [7, 11) is 0. The van der Waals surface area contributed by atoms with Crippen LogP contribution in [-0.2, 0) is 0 Å². The Morgan fingerprint density at radius 3 is 2.63 bits per heavy atom. The minimum atomic E-state index is -0.428. The molecule has 0 spiro atoms. The van der Waals surface area contributed by atoms with Crippen molar-refractivity contribution in [2.75, 3.05) is 0 Å². The minimum Gasteiger partial charge on any atom is -0.354 e. The van der Waals surface area contributed by atoms with Crippen LogP contribution in [-0.4, -0.2) is 9.91 Å². The maximum absolute atomic E-state index is 10.8. The second-order valence-electron chi connectivity index (χ2n) is 4.13. The lowest BCUT2D eigenvalue weighted by molar-refractivity contribution is -0.384. The zero-order valence-corrected chi connectivity index (χ0v) is 11.1. The van der Waals surface area contributed by atoms with Gasteiger partial charge in [-0.1, -0.05) is 23.8 Å². The lowest BCUT2D eigenvalue weighted by Crippen LogP contribution is -1.90. The minimum absolute atomic E-state index is 0.0338. The maximum atomic E-state index is 10.8. The van der Waals surface area contributed by atoms with Crippen molar-refractivity contribution in [1.29, 1.82) is 0 Å². The Hall–Kier alpha value is -1.98. The van der Waals surface area contributed by atoms with Crippen molar-refractivity contribution >= 4 is 51.3 Å². The molecule has 1 aromatic heterocycles. The highest BCUT2D eigenvalue weighted by atomic mass is 35.5. The Morgan fingerprint density at radius 2 is 1.89 bits per heavy atom. The summed E-state index contributed by atoms with van der Waals surface area (Å²) in [5.74, 6) is 0. The molecule has 0 aliphatic heterocycles. The van der Waals surface area contributed by atoms with Gasteiger partial charge in [0, 0.05) is 33.4 Å². The molecule has 0 saturated carbocycles. The highest BCUT2D eigenvalue weighted by Gasteiger charge is 2.09. The van der Waals surface area contributed by atoms with Crippen LogP contribution in [0.5, 0.6) is 0 Å². The van der Waals surface area contributed by atoms with Crippen molar-refractivity contribution in [2.24, 2.45) is 0 Å². The molecular weight excluding hydrogens is 284 g/mol. The smallest absolute Gasteiger partial charge is 0.271 e. The van der Waals surface area contributed by atoms with Gasteiger partial charge in [0.2, 0.25) is 0 Å². The Morgan fingerprint density at radius 1 is 1.11 bits per heavy atom. The molecule has 0 aliphatic carbocycles. The van der Waals surface area contributed by atoms with E-state index in [2.05, 4.69) is 4.98 Å².